The highest BCUT2D eigenvalue weighted by atomic mass is 16.5. The Balaban J connectivity index is 3.06. The van der Waals surface area contributed by atoms with Crippen LogP contribution in [0.2, 0.25) is 0 Å². The summed E-state index contributed by atoms with van der Waals surface area (Å²) in [5.41, 5.74) is 10.9. The fraction of sp³-hybridized carbons (Fsp3) is 0.545. The molecule has 18 heavy (non-hydrogen) atoms. The highest BCUT2D eigenvalue weighted by molar-refractivity contribution is 5.79. The van der Waals surface area contributed by atoms with E-state index in [2.05, 4.69) is 9.97 Å². The van der Waals surface area contributed by atoms with Gasteiger partial charge in [-0.1, -0.05) is 0 Å². The Morgan fingerprint density at radius 1 is 1.50 bits per heavy atom. The number of carbonyl (C=O) groups excluding carboxylic acids is 1. The van der Waals surface area contributed by atoms with Crippen molar-refractivity contribution in [2.45, 2.75) is 26.5 Å². The van der Waals surface area contributed by atoms with Crippen molar-refractivity contribution in [2.75, 3.05) is 24.3 Å². The third-order valence-corrected chi connectivity index (χ3v) is 2.30. The number of amides is 1. The Labute approximate surface area is 106 Å². The number of anilines is 2. The van der Waals surface area contributed by atoms with Gasteiger partial charge in [-0.25, -0.2) is 9.97 Å². The molecule has 1 rings (SSSR count). The van der Waals surface area contributed by atoms with Crippen molar-refractivity contribution in [2.24, 2.45) is 5.73 Å². The predicted octanol–water partition coefficient (Wildman–Crippen LogP) is -0.0947. The van der Waals surface area contributed by atoms with Crippen molar-refractivity contribution < 1.29 is 9.53 Å². The predicted molar refractivity (Wildman–Crippen MR) is 68.8 cm³/mol. The van der Waals surface area contributed by atoms with E-state index in [-0.39, 0.29) is 19.2 Å². The van der Waals surface area contributed by atoms with Gasteiger partial charge in [0.25, 0.3) is 0 Å². The number of carbonyl (C=O) groups is 1. The molecular weight excluding hydrogens is 234 g/mol. The topological polar surface area (TPSA) is 107 Å². The molecule has 0 atom stereocenters. The maximum atomic E-state index is 11.1. The van der Waals surface area contributed by atoms with Crippen LogP contribution >= 0.6 is 0 Å². The average molecular weight is 253 g/mol. The van der Waals surface area contributed by atoms with Gasteiger partial charge < -0.3 is 21.1 Å². The summed E-state index contributed by atoms with van der Waals surface area (Å²) in [5.74, 6) is 0.960. The first-order chi connectivity index (χ1) is 8.43. The Kier molecular flexibility index (Phi) is 4.85. The van der Waals surface area contributed by atoms with Gasteiger partial charge in [0.05, 0.1) is 6.54 Å². The van der Waals surface area contributed by atoms with Crippen LogP contribution in [-0.4, -0.2) is 35.6 Å². The van der Waals surface area contributed by atoms with E-state index in [1.54, 1.807) is 18.1 Å². The quantitative estimate of drug-likeness (QED) is 0.733. The normalized spacial score (nSPS) is 10.7. The third-order valence-electron chi connectivity index (χ3n) is 2.30. The fourth-order valence-corrected chi connectivity index (χ4v) is 1.54. The van der Waals surface area contributed by atoms with E-state index >= 15 is 0 Å². The van der Waals surface area contributed by atoms with Crippen LogP contribution in [0.3, 0.4) is 0 Å². The number of primary amides is 1. The summed E-state index contributed by atoms with van der Waals surface area (Å²) in [6, 6.07) is 1.68. The maximum Gasteiger partial charge on any atom is 0.237 e. The van der Waals surface area contributed by atoms with Crippen LogP contribution in [0.4, 0.5) is 11.6 Å². The van der Waals surface area contributed by atoms with Gasteiger partial charge in [0.15, 0.2) is 5.82 Å². The molecule has 0 aromatic carbocycles. The Bertz CT molecular complexity index is 422. The van der Waals surface area contributed by atoms with E-state index in [0.29, 0.717) is 17.5 Å². The van der Waals surface area contributed by atoms with Crippen molar-refractivity contribution in [3.05, 3.63) is 11.9 Å². The summed E-state index contributed by atoms with van der Waals surface area (Å²) >= 11 is 0. The zero-order valence-corrected chi connectivity index (χ0v) is 10.9. The van der Waals surface area contributed by atoms with Crippen LogP contribution < -0.4 is 16.4 Å². The van der Waals surface area contributed by atoms with Crippen molar-refractivity contribution >= 4 is 17.5 Å². The second kappa shape index (κ2) is 6.15. The lowest BCUT2D eigenvalue weighted by Crippen LogP contribution is -2.39. The number of rotatable bonds is 6. The molecule has 1 aromatic heterocycles. The summed E-state index contributed by atoms with van der Waals surface area (Å²) in [7, 11) is 1.55. The number of nitrogens with zero attached hydrogens (tertiary/aromatic N) is 3. The summed E-state index contributed by atoms with van der Waals surface area (Å²) in [5, 5.41) is 0. The molecule has 0 saturated carbocycles. The summed E-state index contributed by atoms with van der Waals surface area (Å²) < 4.78 is 4.97. The lowest BCUT2D eigenvalue weighted by atomic mass is 10.3. The molecule has 1 aromatic rings. The monoisotopic (exact) mass is 253 g/mol. The number of nitrogen functional groups attached to an aromatic ring is 1. The number of methoxy groups -OCH3 is 1. The van der Waals surface area contributed by atoms with E-state index in [9.17, 15) is 4.79 Å². The molecule has 100 valence electrons. The molecular formula is C11H19N5O2. The van der Waals surface area contributed by atoms with Gasteiger partial charge >= 0.3 is 0 Å². The summed E-state index contributed by atoms with van der Waals surface area (Å²) in [4.78, 5) is 21.2. The van der Waals surface area contributed by atoms with Gasteiger partial charge in [0, 0.05) is 19.2 Å². The van der Waals surface area contributed by atoms with Crippen LogP contribution in [0.1, 0.15) is 19.7 Å². The van der Waals surface area contributed by atoms with Gasteiger partial charge in [-0.15, -0.1) is 0 Å². The highest BCUT2D eigenvalue weighted by Crippen LogP contribution is 2.16. The molecule has 1 heterocycles. The van der Waals surface area contributed by atoms with Crippen molar-refractivity contribution in [3.8, 4) is 0 Å². The van der Waals surface area contributed by atoms with Crippen LogP contribution in [-0.2, 0) is 16.1 Å². The minimum Gasteiger partial charge on any atom is -0.384 e. The average Bonchev–Trinajstić information content (AvgIpc) is 2.24. The molecule has 7 nitrogen and oxygen atoms in total. The zero-order chi connectivity index (χ0) is 13.7. The molecule has 0 unspecified atom stereocenters. The van der Waals surface area contributed by atoms with E-state index in [4.69, 9.17) is 16.2 Å². The Morgan fingerprint density at radius 3 is 2.67 bits per heavy atom. The fourth-order valence-electron chi connectivity index (χ4n) is 1.54. The first-order valence-electron chi connectivity index (χ1n) is 5.61. The Hall–Kier alpha value is -1.89. The number of hydrogen-bond acceptors (Lipinski definition) is 6. The SMILES string of the molecule is COCc1nc(N)cc(N(CC(N)=O)C(C)C)n1. The Morgan fingerprint density at radius 2 is 2.17 bits per heavy atom. The minimum atomic E-state index is -0.422. The standard InChI is InChI=1S/C11H19N5O2/c1-7(2)16(5-9(13)17)11-4-8(12)14-10(15-11)6-18-3/h4,7H,5-6H2,1-3H3,(H2,13,17)(H2,12,14,15). The smallest absolute Gasteiger partial charge is 0.237 e. The van der Waals surface area contributed by atoms with E-state index in [0.717, 1.165) is 0 Å². The molecule has 1 amide bonds. The third kappa shape index (κ3) is 3.85. The second-order valence-electron chi connectivity index (χ2n) is 4.19. The summed E-state index contributed by atoms with van der Waals surface area (Å²) in [6.45, 7) is 4.23. The maximum absolute atomic E-state index is 11.1. The van der Waals surface area contributed by atoms with Gasteiger partial charge in [0.1, 0.15) is 18.2 Å². The number of nitrogens with two attached hydrogens (primary N) is 2. The largest absolute Gasteiger partial charge is 0.384 e. The molecule has 0 bridgehead atoms. The number of aromatic nitrogens is 2. The van der Waals surface area contributed by atoms with Crippen molar-refractivity contribution in [1.82, 2.24) is 9.97 Å². The van der Waals surface area contributed by atoms with Crippen molar-refractivity contribution in [3.63, 3.8) is 0 Å². The molecule has 0 spiro atoms. The van der Waals surface area contributed by atoms with Gasteiger partial charge in [-0.2, -0.15) is 0 Å². The molecule has 0 saturated heterocycles. The summed E-state index contributed by atoms with van der Waals surface area (Å²) in [6.07, 6.45) is 0. The van der Waals surface area contributed by atoms with Gasteiger partial charge in [-0.3, -0.25) is 4.79 Å². The second-order valence-corrected chi connectivity index (χ2v) is 4.19. The molecule has 0 aliphatic rings. The molecule has 0 fully saturated rings. The molecule has 0 radical (unpaired) electrons. The van der Waals surface area contributed by atoms with Crippen LogP contribution in [0.15, 0.2) is 6.07 Å². The first kappa shape index (κ1) is 14.2. The molecule has 7 heteroatoms. The molecule has 0 aliphatic carbocycles. The van der Waals surface area contributed by atoms with Gasteiger partial charge in [0.2, 0.25) is 5.91 Å². The molecule has 0 aliphatic heterocycles. The van der Waals surface area contributed by atoms with Crippen LogP contribution in [0.25, 0.3) is 0 Å². The molecule has 4 N–H and O–H groups in total. The highest BCUT2D eigenvalue weighted by Gasteiger charge is 2.16. The van der Waals surface area contributed by atoms with Crippen LogP contribution in [0, 0.1) is 0 Å². The lowest BCUT2D eigenvalue weighted by Gasteiger charge is -2.26. The van der Waals surface area contributed by atoms with Gasteiger partial charge in [-0.05, 0) is 13.8 Å². The van der Waals surface area contributed by atoms with E-state index in [1.165, 1.54) is 0 Å². The number of ether oxygens (including phenoxy) is 1. The first-order valence-corrected chi connectivity index (χ1v) is 5.61. The van der Waals surface area contributed by atoms with E-state index in [1.807, 2.05) is 13.8 Å². The van der Waals surface area contributed by atoms with Crippen LogP contribution in [0.5, 0.6) is 0 Å². The minimum absolute atomic E-state index is 0.0715. The lowest BCUT2D eigenvalue weighted by molar-refractivity contribution is -0.116. The van der Waals surface area contributed by atoms with E-state index < -0.39 is 5.91 Å². The zero-order valence-electron chi connectivity index (χ0n) is 10.9. The number of hydrogen-bond donors (Lipinski definition) is 2. The van der Waals surface area contributed by atoms with Crippen molar-refractivity contribution in [1.29, 1.82) is 0 Å².